The van der Waals surface area contributed by atoms with Gasteiger partial charge in [0.15, 0.2) is 0 Å². The van der Waals surface area contributed by atoms with Crippen LogP contribution in [0.25, 0.3) is 0 Å². The van der Waals surface area contributed by atoms with Crippen molar-refractivity contribution in [2.75, 3.05) is 0 Å². The molecule has 2 aromatic rings. The fourth-order valence-corrected chi connectivity index (χ4v) is 5.99. The van der Waals surface area contributed by atoms with Crippen LogP contribution in [-0.4, -0.2) is 123 Å². The summed E-state index contributed by atoms with van der Waals surface area (Å²) in [6.07, 6.45) is -3.55. The predicted molar refractivity (Wildman–Crippen MR) is 220 cm³/mol. The van der Waals surface area contributed by atoms with E-state index in [1.807, 2.05) is 0 Å². The lowest BCUT2D eigenvalue weighted by Gasteiger charge is -2.28. The lowest BCUT2D eigenvalue weighted by Crippen LogP contribution is -2.61. The number of carbonyl (C=O) groups excluding carboxylic acids is 8. The van der Waals surface area contributed by atoms with E-state index in [2.05, 4.69) is 37.2 Å². The highest BCUT2D eigenvalue weighted by Crippen LogP contribution is 2.10. The van der Waals surface area contributed by atoms with Gasteiger partial charge in [0.25, 0.3) is 0 Å². The number of hydrogen-bond donors (Lipinski definition) is 11. The second kappa shape index (κ2) is 25.0. The standard InChI is InChI=1S/C41H56N8O13/c1-21(2)16-28(48-41(62)34(23(4)50)49-40(61)29(44-24(5)51)18-26-14-10-7-11-15-26)38(59)47-30(19-32(52)53)37(58)43-22(3)36(57)46-31(20-33(54)55)39(60)45-27(35(42)56)17-25-12-8-6-9-13-25/h6-15,21-23,27-31,34,50H,16-20H2,1-5H3,(H2,42,56)(H,43,58)(H,44,51)(H,45,60)(H,46,57)(H,47,59)(H,48,62)(H,49,61)(H,52,53)(H,54,55)/t22-,23-,27-,28-,29-,30-,31-,34-/m0/s1. The quantitative estimate of drug-likeness (QED) is 0.0504. The number of carbonyl (C=O) groups is 10. The maximum Gasteiger partial charge on any atom is 0.305 e. The van der Waals surface area contributed by atoms with Crippen molar-refractivity contribution in [3.63, 3.8) is 0 Å². The molecule has 0 aliphatic carbocycles. The van der Waals surface area contributed by atoms with Gasteiger partial charge in [-0.05, 0) is 37.3 Å². The first-order valence-corrected chi connectivity index (χ1v) is 19.7. The number of aliphatic hydroxyl groups excluding tert-OH is 1. The molecule has 8 atom stereocenters. The average molecular weight is 869 g/mol. The largest absolute Gasteiger partial charge is 0.481 e. The van der Waals surface area contributed by atoms with E-state index in [9.17, 15) is 63.3 Å². The Morgan fingerprint density at radius 3 is 1.35 bits per heavy atom. The topological polar surface area (TPSA) is 342 Å². The molecule has 0 aromatic heterocycles. The number of hydrogen-bond acceptors (Lipinski definition) is 11. The summed E-state index contributed by atoms with van der Waals surface area (Å²) < 4.78 is 0. The summed E-state index contributed by atoms with van der Waals surface area (Å²) in [4.78, 5) is 128. The molecule has 21 heteroatoms. The summed E-state index contributed by atoms with van der Waals surface area (Å²) in [5, 5.41) is 45.9. The van der Waals surface area contributed by atoms with Crippen LogP contribution in [0, 0.1) is 5.92 Å². The molecule has 338 valence electrons. The summed E-state index contributed by atoms with van der Waals surface area (Å²) in [5.74, 6) is -11.1. The van der Waals surface area contributed by atoms with Crippen LogP contribution < -0.4 is 43.0 Å². The van der Waals surface area contributed by atoms with Gasteiger partial charge in [-0.25, -0.2) is 0 Å². The van der Waals surface area contributed by atoms with Crippen LogP contribution in [0.15, 0.2) is 60.7 Å². The molecule has 8 amide bonds. The number of amides is 8. The van der Waals surface area contributed by atoms with Gasteiger partial charge >= 0.3 is 11.9 Å². The lowest BCUT2D eigenvalue weighted by atomic mass is 10.0. The Morgan fingerprint density at radius 1 is 0.516 bits per heavy atom. The average Bonchev–Trinajstić information content (AvgIpc) is 3.18. The number of primary amides is 1. The van der Waals surface area contributed by atoms with E-state index in [0.717, 1.165) is 6.92 Å². The van der Waals surface area contributed by atoms with Crippen molar-refractivity contribution >= 4 is 59.2 Å². The van der Waals surface area contributed by atoms with Gasteiger partial charge in [0.2, 0.25) is 47.3 Å². The highest BCUT2D eigenvalue weighted by atomic mass is 16.4. The van der Waals surface area contributed by atoms with Crippen LogP contribution in [0.5, 0.6) is 0 Å². The zero-order valence-corrected chi connectivity index (χ0v) is 35.0. The molecule has 62 heavy (non-hydrogen) atoms. The Hall–Kier alpha value is -6.90. The first kappa shape index (κ1) is 51.2. The van der Waals surface area contributed by atoms with Gasteiger partial charge in [-0.15, -0.1) is 0 Å². The molecule has 0 bridgehead atoms. The van der Waals surface area contributed by atoms with Crippen LogP contribution in [0.1, 0.15) is 65.0 Å². The van der Waals surface area contributed by atoms with E-state index in [-0.39, 0.29) is 25.2 Å². The van der Waals surface area contributed by atoms with Gasteiger partial charge in [0, 0.05) is 19.8 Å². The van der Waals surface area contributed by atoms with Gasteiger partial charge < -0.3 is 58.3 Å². The number of benzene rings is 2. The fourth-order valence-electron chi connectivity index (χ4n) is 5.99. The molecule has 0 saturated carbocycles. The van der Waals surface area contributed by atoms with Crippen LogP contribution in [-0.2, 0) is 60.8 Å². The van der Waals surface area contributed by atoms with Crippen LogP contribution in [0.2, 0.25) is 0 Å². The van der Waals surface area contributed by atoms with Crippen molar-refractivity contribution in [2.45, 2.75) is 115 Å². The Morgan fingerprint density at radius 2 is 0.919 bits per heavy atom. The van der Waals surface area contributed by atoms with Crippen LogP contribution in [0.4, 0.5) is 0 Å². The minimum Gasteiger partial charge on any atom is -0.481 e. The third-order valence-corrected chi connectivity index (χ3v) is 9.10. The highest BCUT2D eigenvalue weighted by Gasteiger charge is 2.35. The van der Waals surface area contributed by atoms with E-state index >= 15 is 0 Å². The monoisotopic (exact) mass is 868 g/mol. The summed E-state index contributed by atoms with van der Waals surface area (Å²) in [6.45, 7) is 6.92. The molecular formula is C41H56N8O13. The van der Waals surface area contributed by atoms with Crippen molar-refractivity contribution in [2.24, 2.45) is 11.7 Å². The van der Waals surface area contributed by atoms with E-state index in [1.54, 1.807) is 74.5 Å². The van der Waals surface area contributed by atoms with E-state index in [4.69, 9.17) is 5.73 Å². The summed E-state index contributed by atoms with van der Waals surface area (Å²) in [5.41, 5.74) is 6.76. The smallest absolute Gasteiger partial charge is 0.305 e. The van der Waals surface area contributed by atoms with Crippen LogP contribution >= 0.6 is 0 Å². The second-order valence-electron chi connectivity index (χ2n) is 15.1. The highest BCUT2D eigenvalue weighted by molar-refractivity contribution is 5.99. The molecular weight excluding hydrogens is 812 g/mol. The Kier molecular flexibility index (Phi) is 20.7. The van der Waals surface area contributed by atoms with E-state index in [0.29, 0.717) is 11.1 Å². The zero-order chi connectivity index (χ0) is 46.7. The van der Waals surface area contributed by atoms with Gasteiger partial charge in [0.1, 0.15) is 42.3 Å². The first-order valence-electron chi connectivity index (χ1n) is 19.7. The third kappa shape index (κ3) is 18.2. The summed E-state index contributed by atoms with van der Waals surface area (Å²) in [6, 6.07) is 6.38. The van der Waals surface area contributed by atoms with Crippen molar-refractivity contribution < 1.29 is 63.3 Å². The number of aliphatic carboxylic acids is 2. The molecule has 0 unspecified atom stereocenters. The van der Waals surface area contributed by atoms with Gasteiger partial charge in [-0.2, -0.15) is 0 Å². The minimum absolute atomic E-state index is 0.0386. The lowest BCUT2D eigenvalue weighted by molar-refractivity contribution is -0.142. The Labute approximate surface area is 357 Å². The normalized spacial score (nSPS) is 14.8. The Bertz CT molecular complexity index is 1910. The van der Waals surface area contributed by atoms with E-state index < -0.39 is 120 Å². The molecule has 0 heterocycles. The maximum atomic E-state index is 13.6. The predicted octanol–water partition coefficient (Wildman–Crippen LogP) is -2.23. The first-order chi connectivity index (χ1) is 29.1. The third-order valence-electron chi connectivity index (χ3n) is 9.10. The van der Waals surface area contributed by atoms with Gasteiger partial charge in [-0.1, -0.05) is 74.5 Å². The van der Waals surface area contributed by atoms with Gasteiger partial charge in [0.05, 0.1) is 18.9 Å². The zero-order valence-electron chi connectivity index (χ0n) is 35.0. The molecule has 2 rings (SSSR count). The number of aliphatic hydroxyl groups is 1. The number of nitrogens with two attached hydrogens (primary N) is 1. The number of carboxylic acids is 2. The van der Waals surface area contributed by atoms with Gasteiger partial charge in [-0.3, -0.25) is 47.9 Å². The van der Waals surface area contributed by atoms with Crippen LogP contribution in [0.3, 0.4) is 0 Å². The second-order valence-corrected chi connectivity index (χ2v) is 15.1. The van der Waals surface area contributed by atoms with E-state index in [1.165, 1.54) is 13.8 Å². The Balaban J connectivity index is 2.21. The van der Waals surface area contributed by atoms with Crippen molar-refractivity contribution in [1.82, 2.24) is 37.2 Å². The molecule has 0 saturated heterocycles. The molecule has 21 nitrogen and oxygen atoms in total. The summed E-state index contributed by atoms with van der Waals surface area (Å²) >= 11 is 0. The summed E-state index contributed by atoms with van der Waals surface area (Å²) in [7, 11) is 0. The van der Waals surface area contributed by atoms with Crippen molar-refractivity contribution in [3.8, 4) is 0 Å². The van der Waals surface area contributed by atoms with Crippen molar-refractivity contribution in [3.05, 3.63) is 71.8 Å². The molecule has 0 spiro atoms. The molecule has 0 radical (unpaired) electrons. The molecule has 0 aliphatic heterocycles. The maximum absolute atomic E-state index is 13.6. The number of carboxylic acid groups (broad SMARTS) is 2. The molecule has 12 N–H and O–H groups in total. The fraction of sp³-hybridized carbons (Fsp3) is 0.463. The number of rotatable bonds is 25. The molecule has 0 fully saturated rings. The SMILES string of the molecule is CC(=O)N[C@@H](Cc1ccccc1)C(=O)N[C@H](C(=O)N[C@@H](CC(C)C)C(=O)N[C@@H](CC(=O)O)C(=O)N[C@@H](C)C(=O)N[C@@H](CC(=O)O)C(=O)N[C@@H](Cc1ccccc1)C(N)=O)[C@H](C)O. The van der Waals surface area contributed by atoms with Crippen molar-refractivity contribution in [1.29, 1.82) is 0 Å². The minimum atomic E-state index is -1.85. The number of nitrogens with one attached hydrogen (secondary N) is 7. The molecule has 0 aliphatic rings. The molecule has 2 aromatic carbocycles.